The van der Waals surface area contributed by atoms with Crippen LogP contribution in [0.3, 0.4) is 0 Å². The molecule has 0 aromatic carbocycles. The van der Waals surface area contributed by atoms with E-state index in [2.05, 4.69) is 41.5 Å². The Balaban J connectivity index is 3.36. The van der Waals surface area contributed by atoms with Crippen molar-refractivity contribution in [2.24, 2.45) is 0 Å². The van der Waals surface area contributed by atoms with Gasteiger partial charge >= 0.3 is 0 Å². The standard InChI is InChI=1S/C13H32O2Si2/c1-7-12(3,4)14-16-10-9-11-17-15-13(5,6)8-2/h7-11,16-17H2,1-6H3. The molecular formula is C13H32O2Si2. The van der Waals surface area contributed by atoms with Crippen molar-refractivity contribution in [3.63, 3.8) is 0 Å². The van der Waals surface area contributed by atoms with Gasteiger partial charge in [0.05, 0.1) is 0 Å². The van der Waals surface area contributed by atoms with Crippen molar-refractivity contribution < 1.29 is 8.85 Å². The summed E-state index contributed by atoms with van der Waals surface area (Å²) in [5.41, 5.74) is 0.231. The number of hydrogen-bond donors (Lipinski definition) is 0. The lowest BCUT2D eigenvalue weighted by atomic mass is 10.1. The summed E-state index contributed by atoms with van der Waals surface area (Å²) in [6, 6.07) is 2.62. The molecular weight excluding hydrogens is 244 g/mol. The van der Waals surface area contributed by atoms with Gasteiger partial charge in [-0.1, -0.05) is 20.3 Å². The van der Waals surface area contributed by atoms with E-state index in [-0.39, 0.29) is 30.7 Å². The molecule has 0 aromatic rings. The maximum absolute atomic E-state index is 5.96. The summed E-state index contributed by atoms with van der Waals surface area (Å²) in [5.74, 6) is 0. The second-order valence-corrected chi connectivity index (χ2v) is 8.79. The van der Waals surface area contributed by atoms with E-state index in [1.807, 2.05) is 0 Å². The van der Waals surface area contributed by atoms with Crippen LogP contribution in [-0.2, 0) is 8.85 Å². The maximum atomic E-state index is 5.96. The predicted octanol–water partition coefficient (Wildman–Crippen LogP) is 2.79. The van der Waals surface area contributed by atoms with E-state index in [0.29, 0.717) is 0 Å². The Hall–Kier alpha value is 0.354. The van der Waals surface area contributed by atoms with Crippen LogP contribution in [0, 0.1) is 0 Å². The highest BCUT2D eigenvalue weighted by atomic mass is 28.2. The molecule has 0 saturated heterocycles. The van der Waals surface area contributed by atoms with Crippen molar-refractivity contribution in [3.05, 3.63) is 0 Å². The van der Waals surface area contributed by atoms with Crippen molar-refractivity contribution in [2.45, 2.75) is 84.1 Å². The monoisotopic (exact) mass is 276 g/mol. The average Bonchev–Trinajstić information content (AvgIpc) is 2.27. The molecule has 0 bridgehead atoms. The Morgan fingerprint density at radius 1 is 0.765 bits per heavy atom. The molecule has 0 amide bonds. The van der Waals surface area contributed by atoms with Gasteiger partial charge in [0.2, 0.25) is 0 Å². The minimum Gasteiger partial charge on any atom is -0.419 e. The first kappa shape index (κ1) is 17.4. The first-order valence-electron chi connectivity index (χ1n) is 7.11. The van der Waals surface area contributed by atoms with Gasteiger partial charge in [0, 0.05) is 11.2 Å². The Kier molecular flexibility index (Phi) is 8.63. The van der Waals surface area contributed by atoms with Crippen LogP contribution in [0.25, 0.3) is 0 Å². The van der Waals surface area contributed by atoms with E-state index in [1.54, 1.807) is 0 Å². The zero-order valence-corrected chi connectivity index (χ0v) is 15.6. The fourth-order valence-corrected chi connectivity index (χ4v) is 4.91. The predicted molar refractivity (Wildman–Crippen MR) is 82.2 cm³/mol. The van der Waals surface area contributed by atoms with Gasteiger partial charge in [0.15, 0.2) is 19.5 Å². The van der Waals surface area contributed by atoms with Crippen LogP contribution in [0.1, 0.15) is 60.8 Å². The molecule has 0 fully saturated rings. The lowest BCUT2D eigenvalue weighted by Crippen LogP contribution is -2.26. The highest BCUT2D eigenvalue weighted by Gasteiger charge is 2.15. The smallest absolute Gasteiger partial charge is 0.162 e. The topological polar surface area (TPSA) is 18.5 Å². The van der Waals surface area contributed by atoms with Crippen molar-refractivity contribution in [1.82, 2.24) is 0 Å². The summed E-state index contributed by atoms with van der Waals surface area (Å²) in [4.78, 5) is 0. The zero-order valence-electron chi connectivity index (χ0n) is 12.8. The molecule has 0 heterocycles. The molecule has 17 heavy (non-hydrogen) atoms. The van der Waals surface area contributed by atoms with Crippen LogP contribution < -0.4 is 0 Å². The number of rotatable bonds is 10. The summed E-state index contributed by atoms with van der Waals surface area (Å²) in [5, 5.41) is 0. The van der Waals surface area contributed by atoms with Gasteiger partial charge in [-0.05, 0) is 52.6 Å². The van der Waals surface area contributed by atoms with E-state index in [1.165, 1.54) is 18.5 Å². The van der Waals surface area contributed by atoms with E-state index in [9.17, 15) is 0 Å². The van der Waals surface area contributed by atoms with Crippen LogP contribution in [-0.4, -0.2) is 30.7 Å². The second-order valence-electron chi connectivity index (χ2n) is 5.98. The minimum atomic E-state index is -0.305. The van der Waals surface area contributed by atoms with Gasteiger partial charge in [0.1, 0.15) is 0 Å². The summed E-state index contributed by atoms with van der Waals surface area (Å²) in [7, 11) is -0.609. The molecule has 0 aliphatic carbocycles. The number of hydrogen-bond acceptors (Lipinski definition) is 2. The maximum Gasteiger partial charge on any atom is 0.162 e. The molecule has 0 N–H and O–H groups in total. The normalized spacial score (nSPS) is 14.5. The SMILES string of the molecule is CCC(C)(C)O[SiH2]CCC[SiH2]OC(C)(C)CC. The van der Waals surface area contributed by atoms with Gasteiger partial charge in [-0.15, -0.1) is 0 Å². The Morgan fingerprint density at radius 2 is 1.12 bits per heavy atom. The second kappa shape index (κ2) is 8.45. The van der Waals surface area contributed by atoms with Gasteiger partial charge in [-0.2, -0.15) is 0 Å². The molecule has 2 nitrogen and oxygen atoms in total. The van der Waals surface area contributed by atoms with Crippen molar-refractivity contribution in [1.29, 1.82) is 0 Å². The Bertz CT molecular complexity index is 174. The lowest BCUT2D eigenvalue weighted by molar-refractivity contribution is 0.110. The molecule has 0 aliphatic rings. The van der Waals surface area contributed by atoms with Crippen molar-refractivity contribution in [3.8, 4) is 0 Å². The molecule has 0 radical (unpaired) electrons. The molecule has 0 unspecified atom stereocenters. The highest BCUT2D eigenvalue weighted by molar-refractivity contribution is 6.29. The summed E-state index contributed by atoms with van der Waals surface area (Å²) < 4.78 is 11.9. The summed E-state index contributed by atoms with van der Waals surface area (Å²) in [6.07, 6.45) is 3.54. The van der Waals surface area contributed by atoms with Gasteiger partial charge in [0.25, 0.3) is 0 Å². The third kappa shape index (κ3) is 10.0. The Morgan fingerprint density at radius 3 is 1.41 bits per heavy atom. The van der Waals surface area contributed by atoms with E-state index in [0.717, 1.165) is 12.8 Å². The molecule has 104 valence electrons. The third-order valence-corrected chi connectivity index (χ3v) is 7.03. The van der Waals surface area contributed by atoms with Crippen LogP contribution in [0.15, 0.2) is 0 Å². The van der Waals surface area contributed by atoms with Crippen LogP contribution in [0.2, 0.25) is 12.1 Å². The van der Waals surface area contributed by atoms with Gasteiger partial charge in [-0.25, -0.2) is 0 Å². The Labute approximate surface area is 113 Å². The van der Waals surface area contributed by atoms with Gasteiger partial charge < -0.3 is 8.85 Å². The van der Waals surface area contributed by atoms with Crippen LogP contribution >= 0.6 is 0 Å². The quantitative estimate of drug-likeness (QED) is 0.451. The molecule has 0 atom stereocenters. The van der Waals surface area contributed by atoms with Crippen molar-refractivity contribution >= 4 is 19.5 Å². The minimum absolute atomic E-state index is 0.115. The first-order chi connectivity index (χ1) is 7.83. The fourth-order valence-electron chi connectivity index (χ4n) is 1.28. The molecule has 4 heteroatoms. The molecule has 0 aromatic heterocycles. The van der Waals surface area contributed by atoms with Crippen molar-refractivity contribution in [2.75, 3.05) is 0 Å². The fraction of sp³-hybridized carbons (Fsp3) is 1.00. The zero-order chi connectivity index (χ0) is 13.4. The molecule has 0 rings (SSSR count). The summed E-state index contributed by atoms with van der Waals surface area (Å²) in [6.45, 7) is 13.2. The molecule has 0 saturated carbocycles. The highest BCUT2D eigenvalue weighted by Crippen LogP contribution is 2.15. The van der Waals surface area contributed by atoms with E-state index in [4.69, 9.17) is 8.85 Å². The first-order valence-corrected chi connectivity index (χ1v) is 10.3. The van der Waals surface area contributed by atoms with E-state index >= 15 is 0 Å². The van der Waals surface area contributed by atoms with Crippen LogP contribution in [0.4, 0.5) is 0 Å². The summed E-state index contributed by atoms with van der Waals surface area (Å²) >= 11 is 0. The van der Waals surface area contributed by atoms with Gasteiger partial charge in [-0.3, -0.25) is 0 Å². The lowest BCUT2D eigenvalue weighted by Gasteiger charge is -2.24. The van der Waals surface area contributed by atoms with Crippen LogP contribution in [0.5, 0.6) is 0 Å². The largest absolute Gasteiger partial charge is 0.419 e. The molecule has 0 spiro atoms. The third-order valence-electron chi connectivity index (χ3n) is 3.48. The molecule has 0 aliphatic heterocycles. The van der Waals surface area contributed by atoms with E-state index < -0.39 is 0 Å². The average molecular weight is 277 g/mol.